The topological polar surface area (TPSA) is 50.5 Å². The summed E-state index contributed by atoms with van der Waals surface area (Å²) in [6.45, 7) is 11.2. The number of ether oxygens (including phenoxy) is 1. The Morgan fingerprint density at radius 1 is 1.12 bits per heavy atom. The van der Waals surface area contributed by atoms with Crippen LogP contribution >= 0.6 is 0 Å². The van der Waals surface area contributed by atoms with Crippen LogP contribution in [-0.4, -0.2) is 46.6 Å². The Kier molecular flexibility index (Phi) is 6.40. The van der Waals surface area contributed by atoms with Gasteiger partial charge in [0.2, 0.25) is 0 Å². The molecule has 0 saturated heterocycles. The molecular formula is C19H29N3O2. The highest BCUT2D eigenvalue weighted by Crippen LogP contribution is 2.17. The third-order valence-electron chi connectivity index (χ3n) is 4.21. The average molecular weight is 331 g/mol. The van der Waals surface area contributed by atoms with Crippen molar-refractivity contribution in [3.63, 3.8) is 0 Å². The van der Waals surface area contributed by atoms with E-state index in [1.54, 1.807) is 0 Å². The first-order valence-electron chi connectivity index (χ1n) is 8.44. The van der Waals surface area contributed by atoms with Gasteiger partial charge in [0, 0.05) is 24.3 Å². The summed E-state index contributed by atoms with van der Waals surface area (Å²) >= 11 is 0. The lowest BCUT2D eigenvalue weighted by Crippen LogP contribution is -2.24. The molecule has 5 heteroatoms. The normalized spacial score (nSPS) is 11.3. The van der Waals surface area contributed by atoms with Crippen molar-refractivity contribution in [3.05, 3.63) is 46.3 Å². The van der Waals surface area contributed by atoms with Gasteiger partial charge in [-0.2, -0.15) is 5.10 Å². The molecule has 0 atom stereocenters. The molecule has 0 aliphatic rings. The molecule has 2 rings (SSSR count). The molecule has 0 fully saturated rings. The number of aliphatic hydroxyl groups is 1. The number of hydrogen-bond acceptors (Lipinski definition) is 4. The van der Waals surface area contributed by atoms with E-state index < -0.39 is 0 Å². The molecule has 2 aromatic rings. The second-order valence-corrected chi connectivity index (χ2v) is 6.51. The van der Waals surface area contributed by atoms with Crippen molar-refractivity contribution < 1.29 is 9.84 Å². The lowest BCUT2D eigenvalue weighted by molar-refractivity contribution is 0.232. The predicted molar refractivity (Wildman–Crippen MR) is 96.5 cm³/mol. The summed E-state index contributed by atoms with van der Waals surface area (Å²) in [5.41, 5.74) is 5.84. The van der Waals surface area contributed by atoms with Crippen molar-refractivity contribution in [2.24, 2.45) is 0 Å². The Morgan fingerprint density at radius 2 is 1.79 bits per heavy atom. The molecule has 0 aliphatic heterocycles. The van der Waals surface area contributed by atoms with Gasteiger partial charge in [-0.1, -0.05) is 6.07 Å². The Balaban J connectivity index is 1.88. The maximum absolute atomic E-state index is 9.10. The molecule has 0 aliphatic carbocycles. The van der Waals surface area contributed by atoms with Crippen molar-refractivity contribution >= 4 is 0 Å². The van der Waals surface area contributed by atoms with Gasteiger partial charge in [-0.05, 0) is 58.0 Å². The molecule has 0 bridgehead atoms. The van der Waals surface area contributed by atoms with Crippen LogP contribution in [0.2, 0.25) is 0 Å². The largest absolute Gasteiger partial charge is 0.492 e. The molecule has 1 N–H and O–H groups in total. The number of aryl methyl sites for hydroxylation is 3. The minimum Gasteiger partial charge on any atom is -0.492 e. The van der Waals surface area contributed by atoms with Crippen LogP contribution in [-0.2, 0) is 13.1 Å². The Hall–Kier alpha value is -1.85. The van der Waals surface area contributed by atoms with Crippen molar-refractivity contribution in [3.8, 4) is 5.75 Å². The number of aliphatic hydroxyl groups excluding tert-OH is 1. The maximum Gasteiger partial charge on any atom is 0.119 e. The van der Waals surface area contributed by atoms with Crippen molar-refractivity contribution in [1.29, 1.82) is 0 Å². The SMILES string of the molecule is Cc1cc(C)cc(OCCN(C)Cc2c(C)nn(CCO)c2C)c1. The molecule has 0 spiro atoms. The fourth-order valence-electron chi connectivity index (χ4n) is 2.96. The van der Waals surface area contributed by atoms with Gasteiger partial charge in [-0.25, -0.2) is 0 Å². The summed E-state index contributed by atoms with van der Waals surface area (Å²) in [6, 6.07) is 6.29. The monoisotopic (exact) mass is 331 g/mol. The van der Waals surface area contributed by atoms with E-state index in [0.29, 0.717) is 13.2 Å². The maximum atomic E-state index is 9.10. The predicted octanol–water partition coefficient (Wildman–Crippen LogP) is 2.62. The summed E-state index contributed by atoms with van der Waals surface area (Å²) in [5, 5.41) is 13.6. The Morgan fingerprint density at radius 3 is 2.42 bits per heavy atom. The van der Waals surface area contributed by atoms with Crippen LogP contribution < -0.4 is 4.74 Å². The molecule has 24 heavy (non-hydrogen) atoms. The summed E-state index contributed by atoms with van der Waals surface area (Å²) in [5.74, 6) is 0.934. The minimum atomic E-state index is 0.112. The van der Waals surface area contributed by atoms with Crippen LogP contribution in [0.25, 0.3) is 0 Å². The van der Waals surface area contributed by atoms with Gasteiger partial charge in [0.25, 0.3) is 0 Å². The van der Waals surface area contributed by atoms with Gasteiger partial charge >= 0.3 is 0 Å². The van der Waals surface area contributed by atoms with Gasteiger partial charge in [0.1, 0.15) is 12.4 Å². The number of aromatic nitrogens is 2. The quantitative estimate of drug-likeness (QED) is 0.808. The molecule has 0 saturated carbocycles. The average Bonchev–Trinajstić information content (AvgIpc) is 2.74. The molecule has 1 aromatic heterocycles. The minimum absolute atomic E-state index is 0.112. The van der Waals surface area contributed by atoms with Crippen LogP contribution in [0.5, 0.6) is 5.75 Å². The Labute approximate surface area is 144 Å². The standard InChI is InChI=1S/C19H29N3O2/c1-14-10-15(2)12-18(11-14)24-9-7-21(5)13-19-16(3)20-22(6-8-23)17(19)4/h10-12,23H,6-9,13H2,1-5H3. The number of nitrogens with zero attached hydrogens (tertiary/aromatic N) is 3. The fraction of sp³-hybridized carbons (Fsp3) is 0.526. The van der Waals surface area contributed by atoms with Crippen LogP contribution in [0.4, 0.5) is 0 Å². The fourth-order valence-corrected chi connectivity index (χ4v) is 2.96. The second kappa shape index (κ2) is 8.31. The van der Waals surface area contributed by atoms with E-state index in [0.717, 1.165) is 30.2 Å². The molecule has 0 unspecified atom stereocenters. The van der Waals surface area contributed by atoms with E-state index in [1.807, 2.05) is 11.6 Å². The highest BCUT2D eigenvalue weighted by molar-refractivity contribution is 5.33. The summed E-state index contributed by atoms with van der Waals surface area (Å²) < 4.78 is 7.76. The lowest BCUT2D eigenvalue weighted by atomic mass is 10.1. The van der Waals surface area contributed by atoms with Gasteiger partial charge in [0.15, 0.2) is 0 Å². The molecule has 5 nitrogen and oxygen atoms in total. The van der Waals surface area contributed by atoms with Gasteiger partial charge in [-0.15, -0.1) is 0 Å². The highest BCUT2D eigenvalue weighted by atomic mass is 16.5. The van der Waals surface area contributed by atoms with Crippen molar-refractivity contribution in [2.75, 3.05) is 26.8 Å². The molecular weight excluding hydrogens is 302 g/mol. The first-order valence-corrected chi connectivity index (χ1v) is 8.44. The van der Waals surface area contributed by atoms with Crippen LogP contribution in [0, 0.1) is 27.7 Å². The van der Waals surface area contributed by atoms with E-state index in [4.69, 9.17) is 9.84 Å². The zero-order valence-corrected chi connectivity index (χ0v) is 15.5. The summed E-state index contributed by atoms with van der Waals surface area (Å²) in [7, 11) is 2.09. The van der Waals surface area contributed by atoms with Gasteiger partial charge in [0.05, 0.1) is 18.8 Å². The molecule has 132 valence electrons. The summed E-state index contributed by atoms with van der Waals surface area (Å²) in [4.78, 5) is 2.24. The van der Waals surface area contributed by atoms with Crippen molar-refractivity contribution in [2.45, 2.75) is 40.8 Å². The number of rotatable bonds is 8. The summed E-state index contributed by atoms with van der Waals surface area (Å²) in [6.07, 6.45) is 0. The Bertz CT molecular complexity index is 659. The number of hydrogen-bond donors (Lipinski definition) is 1. The van der Waals surface area contributed by atoms with E-state index in [1.165, 1.54) is 16.7 Å². The third kappa shape index (κ3) is 4.82. The second-order valence-electron chi connectivity index (χ2n) is 6.51. The lowest BCUT2D eigenvalue weighted by Gasteiger charge is -2.17. The molecule has 0 radical (unpaired) electrons. The first kappa shape index (κ1) is 18.5. The van der Waals surface area contributed by atoms with E-state index in [9.17, 15) is 0 Å². The number of likely N-dealkylation sites (N-methyl/N-ethyl adjacent to an activating group) is 1. The zero-order chi connectivity index (χ0) is 17.7. The van der Waals surface area contributed by atoms with E-state index in [2.05, 4.69) is 56.0 Å². The third-order valence-corrected chi connectivity index (χ3v) is 4.21. The van der Waals surface area contributed by atoms with Gasteiger partial charge in [-0.3, -0.25) is 9.58 Å². The van der Waals surface area contributed by atoms with Crippen LogP contribution in [0.3, 0.4) is 0 Å². The zero-order valence-electron chi connectivity index (χ0n) is 15.5. The molecule has 1 heterocycles. The molecule has 1 aromatic carbocycles. The van der Waals surface area contributed by atoms with Crippen LogP contribution in [0.15, 0.2) is 18.2 Å². The van der Waals surface area contributed by atoms with Crippen molar-refractivity contribution in [1.82, 2.24) is 14.7 Å². The van der Waals surface area contributed by atoms with Crippen LogP contribution in [0.1, 0.15) is 28.1 Å². The smallest absolute Gasteiger partial charge is 0.119 e. The number of benzene rings is 1. The first-order chi connectivity index (χ1) is 11.4. The van der Waals surface area contributed by atoms with E-state index in [-0.39, 0.29) is 6.61 Å². The molecule has 0 amide bonds. The highest BCUT2D eigenvalue weighted by Gasteiger charge is 2.13. The van der Waals surface area contributed by atoms with Gasteiger partial charge < -0.3 is 9.84 Å². The van der Waals surface area contributed by atoms with E-state index >= 15 is 0 Å².